The predicted molar refractivity (Wildman–Crippen MR) is 98.0 cm³/mol. The molecule has 0 aliphatic heterocycles. The van der Waals surface area contributed by atoms with Gasteiger partial charge in [0.25, 0.3) is 10.1 Å². The van der Waals surface area contributed by atoms with Crippen molar-refractivity contribution < 1.29 is 28.0 Å². The highest BCUT2D eigenvalue weighted by atomic mass is 35.5. The van der Waals surface area contributed by atoms with Gasteiger partial charge < -0.3 is 10.2 Å². The van der Waals surface area contributed by atoms with Gasteiger partial charge in [0.1, 0.15) is 21.8 Å². The van der Waals surface area contributed by atoms with Crippen LogP contribution in [-0.2, 0) is 10.1 Å². The molecule has 0 bridgehead atoms. The zero-order chi connectivity index (χ0) is 19.8. The van der Waals surface area contributed by atoms with E-state index in [-0.39, 0.29) is 22.0 Å². The maximum atomic E-state index is 11.5. The smallest absolute Gasteiger partial charge is 0.339 e. The van der Waals surface area contributed by atoms with Gasteiger partial charge in [0.2, 0.25) is 0 Å². The van der Waals surface area contributed by atoms with Gasteiger partial charge in [-0.1, -0.05) is 35.9 Å². The molecule has 0 amide bonds. The quantitative estimate of drug-likeness (QED) is 0.429. The molecule has 3 aromatic carbocycles. The summed E-state index contributed by atoms with van der Waals surface area (Å²) in [6.07, 6.45) is 0. The lowest BCUT2D eigenvalue weighted by Gasteiger charge is -2.08. The first-order valence-electron chi connectivity index (χ1n) is 7.35. The van der Waals surface area contributed by atoms with Gasteiger partial charge in [0.15, 0.2) is 5.75 Å². The average molecular weight is 407 g/mol. The Kier molecular flexibility index (Phi) is 4.83. The van der Waals surface area contributed by atoms with E-state index < -0.39 is 26.7 Å². The van der Waals surface area contributed by atoms with Crippen LogP contribution in [-0.4, -0.2) is 29.2 Å². The van der Waals surface area contributed by atoms with Gasteiger partial charge >= 0.3 is 5.97 Å². The fraction of sp³-hybridized carbons (Fsp3) is 0. The molecule has 3 rings (SSSR count). The minimum absolute atomic E-state index is 0.143. The fourth-order valence-electron chi connectivity index (χ4n) is 2.47. The predicted octanol–water partition coefficient (Wildman–Crippen LogP) is 4.56. The lowest BCUT2D eigenvalue weighted by atomic mass is 10.0. The molecular formula is C17H11ClN2O6S. The summed E-state index contributed by atoms with van der Waals surface area (Å²) in [6.45, 7) is 0. The minimum atomic E-state index is -4.60. The number of benzene rings is 3. The molecule has 27 heavy (non-hydrogen) atoms. The first-order chi connectivity index (χ1) is 12.7. The Hall–Kier alpha value is -3.01. The lowest BCUT2D eigenvalue weighted by molar-refractivity contribution is 0.0694. The van der Waals surface area contributed by atoms with Crippen LogP contribution in [0.2, 0.25) is 5.02 Å². The van der Waals surface area contributed by atoms with E-state index in [1.54, 1.807) is 24.3 Å². The molecule has 0 aliphatic rings. The van der Waals surface area contributed by atoms with Gasteiger partial charge in [-0.25, -0.2) is 4.79 Å². The van der Waals surface area contributed by atoms with E-state index in [4.69, 9.17) is 11.6 Å². The monoisotopic (exact) mass is 406 g/mol. The summed E-state index contributed by atoms with van der Waals surface area (Å²) < 4.78 is 32.3. The summed E-state index contributed by atoms with van der Waals surface area (Å²) >= 11 is 5.84. The van der Waals surface area contributed by atoms with Gasteiger partial charge in [-0.2, -0.15) is 8.42 Å². The van der Waals surface area contributed by atoms with E-state index >= 15 is 0 Å². The SMILES string of the molecule is O=C(O)c1cc2ccccc2c(N=Nc2cc(Cl)ccc2S(=O)(=O)O)c1O. The van der Waals surface area contributed by atoms with E-state index in [0.29, 0.717) is 10.8 Å². The zero-order valence-corrected chi connectivity index (χ0v) is 14.9. The van der Waals surface area contributed by atoms with Crippen molar-refractivity contribution in [2.24, 2.45) is 10.2 Å². The maximum Gasteiger partial charge on any atom is 0.339 e. The van der Waals surface area contributed by atoms with Crippen LogP contribution in [0, 0.1) is 0 Å². The van der Waals surface area contributed by atoms with Crippen molar-refractivity contribution in [2.75, 3.05) is 0 Å². The van der Waals surface area contributed by atoms with Crippen molar-refractivity contribution in [3.63, 3.8) is 0 Å². The molecule has 0 fully saturated rings. The summed E-state index contributed by atoms with van der Waals surface area (Å²) in [6, 6.07) is 11.3. The number of halogens is 1. The van der Waals surface area contributed by atoms with Crippen molar-refractivity contribution in [3.8, 4) is 5.75 Å². The highest BCUT2D eigenvalue weighted by Crippen LogP contribution is 2.40. The molecule has 10 heteroatoms. The third kappa shape index (κ3) is 3.75. The molecule has 0 spiro atoms. The van der Waals surface area contributed by atoms with Crippen LogP contribution < -0.4 is 0 Å². The molecule has 0 radical (unpaired) electrons. The molecule has 0 aliphatic carbocycles. The summed E-state index contributed by atoms with van der Waals surface area (Å²) in [7, 11) is -4.60. The second-order valence-electron chi connectivity index (χ2n) is 5.43. The number of rotatable bonds is 4. The number of hydrogen-bond donors (Lipinski definition) is 3. The summed E-state index contributed by atoms with van der Waals surface area (Å²) in [5.41, 5.74) is -0.815. The van der Waals surface area contributed by atoms with Crippen LogP contribution in [0.15, 0.2) is 63.7 Å². The number of carbonyl (C=O) groups is 1. The van der Waals surface area contributed by atoms with Crippen molar-refractivity contribution >= 4 is 49.8 Å². The van der Waals surface area contributed by atoms with E-state index in [0.717, 1.165) is 12.1 Å². The van der Waals surface area contributed by atoms with Crippen LogP contribution in [0.1, 0.15) is 10.4 Å². The van der Waals surface area contributed by atoms with Gasteiger partial charge in [0.05, 0.1) is 0 Å². The Labute approximate surface area is 158 Å². The van der Waals surface area contributed by atoms with E-state index in [2.05, 4.69) is 10.2 Å². The molecule has 0 aromatic heterocycles. The number of nitrogens with zero attached hydrogens (tertiary/aromatic N) is 2. The first kappa shape index (κ1) is 18.8. The lowest BCUT2D eigenvalue weighted by Crippen LogP contribution is -1.98. The van der Waals surface area contributed by atoms with Crippen LogP contribution in [0.3, 0.4) is 0 Å². The average Bonchev–Trinajstić information content (AvgIpc) is 2.59. The molecule has 0 saturated carbocycles. The molecule has 138 valence electrons. The summed E-state index contributed by atoms with van der Waals surface area (Å²) in [4.78, 5) is 10.8. The van der Waals surface area contributed by atoms with Crippen molar-refractivity contribution in [1.29, 1.82) is 0 Å². The first-order valence-corrected chi connectivity index (χ1v) is 9.17. The largest absolute Gasteiger partial charge is 0.505 e. The third-order valence-corrected chi connectivity index (χ3v) is 4.82. The molecule has 0 unspecified atom stereocenters. The molecule has 0 atom stereocenters. The number of aromatic carboxylic acids is 1. The number of aromatic hydroxyl groups is 1. The molecular weight excluding hydrogens is 396 g/mol. The normalized spacial score (nSPS) is 11.9. The van der Waals surface area contributed by atoms with E-state index in [9.17, 15) is 28.0 Å². The summed E-state index contributed by atoms with van der Waals surface area (Å²) in [5.74, 6) is -1.99. The molecule has 0 saturated heterocycles. The van der Waals surface area contributed by atoms with Crippen molar-refractivity contribution in [1.82, 2.24) is 0 Å². The standard InChI is InChI=1S/C17H11ClN2O6S/c18-10-5-6-14(27(24,25)26)13(8-10)19-20-15-11-4-2-1-3-9(11)7-12(16(15)21)17(22)23/h1-8,21H,(H,22,23)(H,24,25,26). The van der Waals surface area contributed by atoms with Gasteiger partial charge in [0, 0.05) is 10.4 Å². The highest BCUT2D eigenvalue weighted by Gasteiger charge is 2.19. The number of carboxylic acids is 1. The number of fused-ring (bicyclic) bond motifs is 1. The van der Waals surface area contributed by atoms with Crippen molar-refractivity contribution in [3.05, 3.63) is 59.1 Å². The Morgan fingerprint density at radius 2 is 1.74 bits per heavy atom. The van der Waals surface area contributed by atoms with Crippen LogP contribution in [0.5, 0.6) is 5.75 Å². The van der Waals surface area contributed by atoms with Crippen LogP contribution in [0.25, 0.3) is 10.8 Å². The Balaban J connectivity index is 2.25. The summed E-state index contributed by atoms with van der Waals surface area (Å²) in [5, 5.41) is 28.2. The second kappa shape index (κ2) is 6.95. The van der Waals surface area contributed by atoms with Gasteiger partial charge in [-0.3, -0.25) is 4.55 Å². The Morgan fingerprint density at radius 3 is 2.41 bits per heavy atom. The van der Waals surface area contributed by atoms with Crippen LogP contribution in [0.4, 0.5) is 11.4 Å². The highest BCUT2D eigenvalue weighted by molar-refractivity contribution is 7.86. The van der Waals surface area contributed by atoms with E-state index in [1.807, 2.05) is 0 Å². The number of azo groups is 1. The molecule has 0 heterocycles. The molecule has 3 aromatic rings. The number of carboxylic acid groups (broad SMARTS) is 1. The Bertz CT molecular complexity index is 1210. The van der Waals surface area contributed by atoms with Gasteiger partial charge in [-0.15, -0.1) is 10.2 Å². The molecule has 3 N–H and O–H groups in total. The zero-order valence-electron chi connectivity index (χ0n) is 13.4. The minimum Gasteiger partial charge on any atom is -0.505 e. The Morgan fingerprint density at radius 1 is 1.04 bits per heavy atom. The number of hydrogen-bond acceptors (Lipinski definition) is 6. The fourth-order valence-corrected chi connectivity index (χ4v) is 3.24. The number of phenols is 1. The van der Waals surface area contributed by atoms with Crippen molar-refractivity contribution in [2.45, 2.75) is 4.90 Å². The second-order valence-corrected chi connectivity index (χ2v) is 7.26. The topological polar surface area (TPSA) is 137 Å². The van der Waals surface area contributed by atoms with E-state index in [1.165, 1.54) is 12.1 Å². The van der Waals surface area contributed by atoms with Gasteiger partial charge in [-0.05, 0) is 29.7 Å². The maximum absolute atomic E-state index is 11.5. The van der Waals surface area contributed by atoms with Crippen LogP contribution >= 0.6 is 11.6 Å². The molecule has 8 nitrogen and oxygen atoms in total. The third-order valence-electron chi connectivity index (χ3n) is 3.68.